The molecule has 0 fully saturated rings. The molecule has 100 valence electrons. The number of alkyl halides is 3. The van der Waals surface area contributed by atoms with Gasteiger partial charge in [-0.1, -0.05) is 56.3 Å². The monoisotopic (exact) mass is 264 g/mol. The van der Waals surface area contributed by atoms with Crippen molar-refractivity contribution in [2.45, 2.75) is 25.9 Å². The van der Waals surface area contributed by atoms with E-state index in [9.17, 15) is 13.2 Å². The van der Waals surface area contributed by atoms with Crippen LogP contribution in [0.1, 0.15) is 30.9 Å². The third-order valence-corrected chi connectivity index (χ3v) is 3.11. The number of hydrogen-bond donors (Lipinski definition) is 0. The second-order valence-corrected chi connectivity index (χ2v) is 4.79. The Bertz CT molecular complexity index is 568. The molecule has 0 atom stereocenters. The first kappa shape index (κ1) is 13.7. The van der Waals surface area contributed by atoms with E-state index in [1.807, 2.05) is 26.0 Å². The maximum absolute atomic E-state index is 13.1. The van der Waals surface area contributed by atoms with Gasteiger partial charge in [0.25, 0.3) is 0 Å². The van der Waals surface area contributed by atoms with Gasteiger partial charge in [-0.3, -0.25) is 0 Å². The molecule has 2 aromatic rings. The van der Waals surface area contributed by atoms with Gasteiger partial charge in [-0.25, -0.2) is 0 Å². The molecule has 3 heteroatoms. The van der Waals surface area contributed by atoms with Crippen molar-refractivity contribution >= 4 is 0 Å². The lowest BCUT2D eigenvalue weighted by Crippen LogP contribution is -2.07. The predicted octanol–water partition coefficient (Wildman–Crippen LogP) is 5.50. The molecule has 0 unspecified atom stereocenters. The molecule has 0 spiro atoms. The summed E-state index contributed by atoms with van der Waals surface area (Å²) >= 11 is 0. The lowest BCUT2D eigenvalue weighted by molar-refractivity contribution is -0.137. The first-order valence-corrected chi connectivity index (χ1v) is 6.17. The maximum Gasteiger partial charge on any atom is 0.417 e. The third kappa shape index (κ3) is 2.80. The van der Waals surface area contributed by atoms with Gasteiger partial charge < -0.3 is 0 Å². The molecule has 0 aliphatic carbocycles. The fourth-order valence-electron chi connectivity index (χ4n) is 2.21. The molecule has 0 N–H and O–H groups in total. The standard InChI is InChI=1S/C16H15F3/c1-11(2)12-7-3-4-8-13(12)14-9-5-6-10-15(14)16(17,18)19/h3-11H,1-2H3. The maximum atomic E-state index is 13.1. The third-order valence-electron chi connectivity index (χ3n) is 3.11. The summed E-state index contributed by atoms with van der Waals surface area (Å²) in [6, 6.07) is 13.0. The largest absolute Gasteiger partial charge is 0.417 e. The van der Waals surface area contributed by atoms with Crippen LogP contribution in [0.3, 0.4) is 0 Å². The smallest absolute Gasteiger partial charge is 0.166 e. The summed E-state index contributed by atoms with van der Waals surface area (Å²) in [5, 5.41) is 0. The topological polar surface area (TPSA) is 0 Å². The summed E-state index contributed by atoms with van der Waals surface area (Å²) in [7, 11) is 0. The van der Waals surface area contributed by atoms with Gasteiger partial charge in [0.1, 0.15) is 0 Å². The molecule has 2 aromatic carbocycles. The SMILES string of the molecule is CC(C)c1ccccc1-c1ccccc1C(F)(F)F. The second-order valence-electron chi connectivity index (χ2n) is 4.79. The van der Waals surface area contributed by atoms with Gasteiger partial charge in [-0.05, 0) is 28.7 Å². The molecule has 0 aliphatic heterocycles. The van der Waals surface area contributed by atoms with E-state index in [0.29, 0.717) is 5.56 Å². The summed E-state index contributed by atoms with van der Waals surface area (Å²) in [4.78, 5) is 0. The minimum absolute atomic E-state index is 0.178. The van der Waals surface area contributed by atoms with E-state index in [2.05, 4.69) is 0 Å². The first-order valence-electron chi connectivity index (χ1n) is 6.17. The van der Waals surface area contributed by atoms with E-state index in [0.717, 1.165) is 11.6 Å². The Morgan fingerprint density at radius 3 is 1.89 bits per heavy atom. The van der Waals surface area contributed by atoms with Crippen molar-refractivity contribution in [3.05, 3.63) is 59.7 Å². The zero-order valence-corrected chi connectivity index (χ0v) is 10.8. The normalized spacial score (nSPS) is 11.9. The predicted molar refractivity (Wildman–Crippen MR) is 71.0 cm³/mol. The Morgan fingerprint density at radius 2 is 1.32 bits per heavy atom. The zero-order chi connectivity index (χ0) is 14.0. The first-order chi connectivity index (χ1) is 8.91. The number of benzene rings is 2. The molecule has 2 rings (SSSR count). The van der Waals surface area contributed by atoms with Gasteiger partial charge in [-0.2, -0.15) is 13.2 Å². The van der Waals surface area contributed by atoms with Gasteiger partial charge in [0, 0.05) is 0 Å². The Hall–Kier alpha value is -1.77. The Morgan fingerprint density at radius 1 is 0.789 bits per heavy atom. The van der Waals surface area contributed by atoms with Crippen LogP contribution in [-0.2, 0) is 6.18 Å². The van der Waals surface area contributed by atoms with Crippen molar-refractivity contribution in [2.75, 3.05) is 0 Å². The molecule has 0 amide bonds. The minimum Gasteiger partial charge on any atom is -0.166 e. The summed E-state index contributed by atoms with van der Waals surface area (Å²) in [5.41, 5.74) is 1.26. The van der Waals surface area contributed by atoms with E-state index in [-0.39, 0.29) is 11.5 Å². The van der Waals surface area contributed by atoms with E-state index >= 15 is 0 Å². The molecule has 0 heterocycles. The fraction of sp³-hybridized carbons (Fsp3) is 0.250. The van der Waals surface area contributed by atoms with Crippen molar-refractivity contribution in [3.8, 4) is 11.1 Å². The summed E-state index contributed by atoms with van der Waals surface area (Å²) in [6.45, 7) is 3.96. The molecule has 0 saturated heterocycles. The molecule has 0 saturated carbocycles. The molecule has 0 bridgehead atoms. The fourth-order valence-corrected chi connectivity index (χ4v) is 2.21. The van der Waals surface area contributed by atoms with Crippen LogP contribution >= 0.6 is 0 Å². The van der Waals surface area contributed by atoms with Crippen LogP contribution in [0, 0.1) is 0 Å². The summed E-state index contributed by atoms with van der Waals surface area (Å²) in [5.74, 6) is 0.178. The van der Waals surface area contributed by atoms with Crippen molar-refractivity contribution in [1.29, 1.82) is 0 Å². The van der Waals surface area contributed by atoms with Crippen LogP contribution < -0.4 is 0 Å². The van der Waals surface area contributed by atoms with Crippen LogP contribution in [-0.4, -0.2) is 0 Å². The van der Waals surface area contributed by atoms with Crippen molar-refractivity contribution < 1.29 is 13.2 Å². The average Bonchev–Trinajstić information content (AvgIpc) is 2.37. The van der Waals surface area contributed by atoms with Crippen LogP contribution in [0.2, 0.25) is 0 Å². The summed E-state index contributed by atoms with van der Waals surface area (Å²) in [6.07, 6.45) is -4.33. The molecule has 0 radical (unpaired) electrons. The van der Waals surface area contributed by atoms with Gasteiger partial charge in [0.05, 0.1) is 5.56 Å². The van der Waals surface area contributed by atoms with Crippen molar-refractivity contribution in [1.82, 2.24) is 0 Å². The Labute approximate surface area is 110 Å². The molecule has 0 nitrogen and oxygen atoms in total. The van der Waals surface area contributed by atoms with E-state index in [4.69, 9.17) is 0 Å². The highest BCUT2D eigenvalue weighted by atomic mass is 19.4. The van der Waals surface area contributed by atoms with E-state index in [1.54, 1.807) is 18.2 Å². The van der Waals surface area contributed by atoms with Gasteiger partial charge in [0.2, 0.25) is 0 Å². The van der Waals surface area contributed by atoms with Crippen molar-refractivity contribution in [2.24, 2.45) is 0 Å². The molecule has 0 aromatic heterocycles. The van der Waals surface area contributed by atoms with Gasteiger partial charge in [-0.15, -0.1) is 0 Å². The Balaban J connectivity index is 2.67. The van der Waals surface area contributed by atoms with Gasteiger partial charge in [0.15, 0.2) is 0 Å². The lowest BCUT2D eigenvalue weighted by Gasteiger charge is -2.17. The second kappa shape index (κ2) is 5.08. The highest BCUT2D eigenvalue weighted by molar-refractivity contribution is 5.71. The van der Waals surface area contributed by atoms with Crippen molar-refractivity contribution in [3.63, 3.8) is 0 Å². The van der Waals surface area contributed by atoms with E-state index in [1.165, 1.54) is 12.1 Å². The molecule has 0 aliphatic rings. The van der Waals surface area contributed by atoms with E-state index < -0.39 is 11.7 Å². The highest BCUT2D eigenvalue weighted by Crippen LogP contribution is 2.39. The zero-order valence-electron chi connectivity index (χ0n) is 10.8. The number of rotatable bonds is 2. The molecule has 19 heavy (non-hydrogen) atoms. The minimum atomic E-state index is -4.33. The van der Waals surface area contributed by atoms with Crippen LogP contribution in [0.15, 0.2) is 48.5 Å². The molecular weight excluding hydrogens is 249 g/mol. The highest BCUT2D eigenvalue weighted by Gasteiger charge is 2.33. The Kier molecular flexibility index (Phi) is 3.65. The van der Waals surface area contributed by atoms with Crippen LogP contribution in [0.5, 0.6) is 0 Å². The quantitative estimate of drug-likeness (QED) is 0.672. The summed E-state index contributed by atoms with van der Waals surface area (Å²) < 4.78 is 39.2. The number of halogens is 3. The van der Waals surface area contributed by atoms with Crippen LogP contribution in [0.25, 0.3) is 11.1 Å². The average molecular weight is 264 g/mol. The van der Waals surface area contributed by atoms with Crippen LogP contribution in [0.4, 0.5) is 13.2 Å². The number of hydrogen-bond acceptors (Lipinski definition) is 0. The lowest BCUT2D eigenvalue weighted by atomic mass is 9.90. The van der Waals surface area contributed by atoms with Gasteiger partial charge >= 0.3 is 6.18 Å². The molecular formula is C16H15F3.